The van der Waals surface area contributed by atoms with Crippen LogP contribution >= 0.6 is 23.4 Å². The number of amides is 2. The van der Waals surface area contributed by atoms with Crippen LogP contribution in [0.25, 0.3) is 28.2 Å². The van der Waals surface area contributed by atoms with E-state index in [1.54, 1.807) is 18.2 Å². The number of imide groups is 1. The summed E-state index contributed by atoms with van der Waals surface area (Å²) in [5, 5.41) is 1.64. The van der Waals surface area contributed by atoms with Gasteiger partial charge >= 0.3 is 0 Å². The minimum absolute atomic E-state index is 0.0118. The third-order valence-corrected chi connectivity index (χ3v) is 6.50. The van der Waals surface area contributed by atoms with Crippen LogP contribution < -0.4 is 4.74 Å². The fraction of sp³-hybridized carbons (Fsp3) is 0.0769. The van der Waals surface area contributed by atoms with E-state index in [0.29, 0.717) is 22.8 Å². The van der Waals surface area contributed by atoms with Crippen molar-refractivity contribution in [1.29, 1.82) is 0 Å². The monoisotopic (exact) mass is 493 g/mol. The second-order valence-electron chi connectivity index (χ2n) is 7.49. The topological polar surface area (TPSA) is 59.8 Å². The molecule has 1 aliphatic heterocycles. The molecule has 5 rings (SSSR count). The number of carbonyl (C=O) groups is 2. The largest absolute Gasteiger partial charge is 0.491 e. The van der Waals surface area contributed by atoms with Crippen LogP contribution in [0.1, 0.15) is 5.76 Å². The molecule has 0 spiro atoms. The Kier molecular flexibility index (Phi) is 6.13. The van der Waals surface area contributed by atoms with Crippen molar-refractivity contribution >= 4 is 51.4 Å². The summed E-state index contributed by atoms with van der Waals surface area (Å²) in [4.78, 5) is 26.6. The summed E-state index contributed by atoms with van der Waals surface area (Å²) in [6, 6.07) is 21.2. The van der Waals surface area contributed by atoms with Crippen molar-refractivity contribution in [3.05, 3.63) is 94.3 Å². The quantitative estimate of drug-likeness (QED) is 0.270. The van der Waals surface area contributed by atoms with Crippen molar-refractivity contribution < 1.29 is 23.1 Å². The van der Waals surface area contributed by atoms with E-state index in [1.807, 2.05) is 42.5 Å². The molecule has 1 fully saturated rings. The van der Waals surface area contributed by atoms with Gasteiger partial charge in [0, 0.05) is 17.0 Å². The Bertz CT molecular complexity index is 1440. The van der Waals surface area contributed by atoms with Gasteiger partial charge in [0.15, 0.2) is 0 Å². The Morgan fingerprint density at radius 1 is 1.03 bits per heavy atom. The lowest BCUT2D eigenvalue weighted by atomic mass is 10.1. The van der Waals surface area contributed by atoms with Crippen LogP contribution in [0.3, 0.4) is 0 Å². The fourth-order valence-corrected chi connectivity index (χ4v) is 4.65. The van der Waals surface area contributed by atoms with Gasteiger partial charge in [0.2, 0.25) is 0 Å². The van der Waals surface area contributed by atoms with Gasteiger partial charge in [-0.3, -0.25) is 14.5 Å². The number of thioether (sulfide) groups is 1. The van der Waals surface area contributed by atoms with Crippen molar-refractivity contribution in [1.82, 2.24) is 4.90 Å². The molecule has 34 heavy (non-hydrogen) atoms. The Hall–Kier alpha value is -3.55. The molecule has 0 unspecified atom stereocenters. The smallest absolute Gasteiger partial charge is 0.293 e. The van der Waals surface area contributed by atoms with E-state index in [2.05, 4.69) is 0 Å². The molecule has 1 saturated heterocycles. The second-order valence-corrected chi connectivity index (χ2v) is 8.89. The predicted octanol–water partition coefficient (Wildman–Crippen LogP) is 7.01. The highest BCUT2D eigenvalue weighted by Gasteiger charge is 2.35. The van der Waals surface area contributed by atoms with Crippen LogP contribution in [-0.2, 0) is 4.79 Å². The average molecular weight is 494 g/mol. The van der Waals surface area contributed by atoms with Gasteiger partial charge in [0.1, 0.15) is 29.7 Å². The first kappa shape index (κ1) is 22.3. The van der Waals surface area contributed by atoms with Crippen molar-refractivity contribution in [3.63, 3.8) is 0 Å². The number of furan rings is 1. The van der Waals surface area contributed by atoms with Crippen LogP contribution in [-0.4, -0.2) is 29.2 Å². The number of hydrogen-bond donors (Lipinski definition) is 0. The van der Waals surface area contributed by atoms with Gasteiger partial charge < -0.3 is 9.15 Å². The molecule has 0 N–H and O–H groups in total. The highest BCUT2D eigenvalue weighted by molar-refractivity contribution is 8.18. The molecular weight excluding hydrogens is 477 g/mol. The maximum absolute atomic E-state index is 13.4. The number of rotatable bonds is 6. The Labute approximate surface area is 203 Å². The fourth-order valence-electron chi connectivity index (χ4n) is 3.63. The third-order valence-electron chi connectivity index (χ3n) is 5.30. The van der Waals surface area contributed by atoms with Crippen LogP contribution in [0.15, 0.2) is 82.1 Å². The average Bonchev–Trinajstić information content (AvgIpc) is 3.41. The molecule has 1 aliphatic rings. The molecule has 2 amide bonds. The number of hydrogen-bond acceptors (Lipinski definition) is 5. The Morgan fingerprint density at radius 2 is 1.85 bits per heavy atom. The van der Waals surface area contributed by atoms with E-state index >= 15 is 0 Å². The van der Waals surface area contributed by atoms with Gasteiger partial charge in [0.05, 0.1) is 16.5 Å². The normalized spacial score (nSPS) is 15.0. The number of fused-ring (bicyclic) bond motifs is 1. The van der Waals surface area contributed by atoms with E-state index in [9.17, 15) is 14.0 Å². The summed E-state index contributed by atoms with van der Waals surface area (Å²) in [7, 11) is 0. The van der Waals surface area contributed by atoms with Crippen molar-refractivity contribution in [2.45, 2.75) is 0 Å². The maximum atomic E-state index is 13.4. The first-order chi connectivity index (χ1) is 16.5. The minimum Gasteiger partial charge on any atom is -0.491 e. The summed E-state index contributed by atoms with van der Waals surface area (Å²) in [6.07, 6.45) is 1.52. The first-order valence-corrected chi connectivity index (χ1v) is 11.6. The van der Waals surface area contributed by atoms with E-state index < -0.39 is 11.7 Å². The molecule has 3 aromatic carbocycles. The zero-order valence-electron chi connectivity index (χ0n) is 17.7. The van der Waals surface area contributed by atoms with Crippen LogP contribution in [0.2, 0.25) is 5.02 Å². The van der Waals surface area contributed by atoms with Gasteiger partial charge in [0.25, 0.3) is 11.1 Å². The summed E-state index contributed by atoms with van der Waals surface area (Å²) in [6.45, 7) is 0.304. The Morgan fingerprint density at radius 3 is 2.71 bits per heavy atom. The molecule has 0 radical (unpaired) electrons. The highest BCUT2D eigenvalue weighted by Crippen LogP contribution is 2.34. The molecule has 5 nitrogen and oxygen atoms in total. The zero-order valence-corrected chi connectivity index (χ0v) is 19.2. The van der Waals surface area contributed by atoms with E-state index in [-0.39, 0.29) is 28.3 Å². The standard InChI is InChI=1S/C26H17ClFNO4S/c27-20-14-17(8-10-21(20)28)22-11-9-18(33-22)15-24-25(30)29(26(31)34-24)12-13-32-23-7-3-5-16-4-1-2-6-19(16)23/h1-11,14-15H,12-13H2/b24-15-. The number of nitrogens with zero attached hydrogens (tertiary/aromatic N) is 1. The van der Waals surface area contributed by atoms with Gasteiger partial charge in [-0.2, -0.15) is 0 Å². The maximum Gasteiger partial charge on any atom is 0.293 e. The first-order valence-electron chi connectivity index (χ1n) is 10.4. The van der Waals surface area contributed by atoms with Crippen molar-refractivity contribution in [3.8, 4) is 17.1 Å². The van der Waals surface area contributed by atoms with Crippen molar-refractivity contribution in [2.75, 3.05) is 13.2 Å². The van der Waals surface area contributed by atoms with E-state index in [4.69, 9.17) is 20.8 Å². The molecule has 2 heterocycles. The lowest BCUT2D eigenvalue weighted by molar-refractivity contribution is -0.123. The van der Waals surface area contributed by atoms with Gasteiger partial charge in [-0.05, 0) is 53.5 Å². The van der Waals surface area contributed by atoms with Crippen LogP contribution in [0, 0.1) is 5.82 Å². The molecule has 0 saturated carbocycles. The summed E-state index contributed by atoms with van der Waals surface area (Å²) in [5.74, 6) is 0.642. The minimum atomic E-state index is -0.518. The van der Waals surface area contributed by atoms with Crippen LogP contribution in [0.5, 0.6) is 5.75 Å². The zero-order chi connectivity index (χ0) is 23.7. The molecule has 170 valence electrons. The summed E-state index contributed by atoms with van der Waals surface area (Å²) >= 11 is 6.69. The van der Waals surface area contributed by atoms with Gasteiger partial charge in [-0.15, -0.1) is 0 Å². The van der Waals surface area contributed by atoms with E-state index in [1.165, 1.54) is 18.2 Å². The molecule has 0 bridgehead atoms. The van der Waals surface area contributed by atoms with Gasteiger partial charge in [-0.1, -0.05) is 48.0 Å². The Balaban J connectivity index is 1.26. The molecule has 4 aromatic rings. The number of halogens is 2. The molecular formula is C26H17ClFNO4S. The molecule has 0 aliphatic carbocycles. The highest BCUT2D eigenvalue weighted by atomic mass is 35.5. The molecule has 1 aromatic heterocycles. The molecule has 8 heteroatoms. The van der Waals surface area contributed by atoms with Crippen molar-refractivity contribution in [2.24, 2.45) is 0 Å². The summed E-state index contributed by atoms with van der Waals surface area (Å²) < 4.78 is 25.0. The third kappa shape index (κ3) is 4.44. The summed E-state index contributed by atoms with van der Waals surface area (Å²) in [5.41, 5.74) is 0.602. The number of carbonyl (C=O) groups excluding carboxylic acids is 2. The van der Waals surface area contributed by atoms with Gasteiger partial charge in [-0.25, -0.2) is 4.39 Å². The predicted molar refractivity (Wildman–Crippen MR) is 131 cm³/mol. The SMILES string of the molecule is O=C1S/C(=C\c2ccc(-c3ccc(F)c(Cl)c3)o2)C(=O)N1CCOc1cccc2ccccc12. The number of ether oxygens (including phenoxy) is 1. The van der Waals surface area contributed by atoms with Crippen LogP contribution in [0.4, 0.5) is 9.18 Å². The lowest BCUT2D eigenvalue weighted by Gasteiger charge is -2.14. The molecule has 0 atom stereocenters. The lowest BCUT2D eigenvalue weighted by Crippen LogP contribution is -2.32. The number of benzene rings is 3. The second kappa shape index (κ2) is 9.37. The van der Waals surface area contributed by atoms with E-state index in [0.717, 1.165) is 27.4 Å².